The van der Waals surface area contributed by atoms with E-state index in [9.17, 15) is 19.5 Å². The van der Waals surface area contributed by atoms with Gasteiger partial charge in [0.15, 0.2) is 5.54 Å². The Kier molecular flexibility index (Phi) is 8.70. The molecule has 2 rings (SSSR count). The molecule has 0 aliphatic heterocycles. The van der Waals surface area contributed by atoms with Gasteiger partial charge in [0.1, 0.15) is 0 Å². The average molecular weight is 453 g/mol. The number of nitrogens with zero attached hydrogens (tertiary/aromatic N) is 1. The van der Waals surface area contributed by atoms with Crippen LogP contribution in [0.2, 0.25) is 0 Å². The van der Waals surface area contributed by atoms with Gasteiger partial charge in [-0.2, -0.15) is 0 Å². The third kappa shape index (κ3) is 5.75. The molecule has 0 saturated heterocycles. The maximum atomic E-state index is 12.9. The summed E-state index contributed by atoms with van der Waals surface area (Å²) in [6, 6.07) is 13.3. The number of likely N-dealkylation sites (N-methyl/N-ethyl adjacent to an activating group) is 2. The van der Waals surface area contributed by atoms with Crippen LogP contribution < -0.4 is 10.8 Å². The van der Waals surface area contributed by atoms with Gasteiger partial charge in [-0.15, -0.1) is 0 Å². The molecule has 0 radical (unpaired) electrons. The van der Waals surface area contributed by atoms with E-state index in [-0.39, 0.29) is 18.6 Å². The Balaban J connectivity index is 2.18. The molecule has 5 N–H and O–H groups in total. The van der Waals surface area contributed by atoms with Crippen LogP contribution in [0.5, 0.6) is 0 Å². The highest BCUT2D eigenvalue weighted by Gasteiger charge is 2.47. The fourth-order valence-corrected chi connectivity index (χ4v) is 3.07. The molecule has 0 heterocycles. The Bertz CT molecular complexity index is 1040. The van der Waals surface area contributed by atoms with Gasteiger partial charge in [-0.05, 0) is 48.9 Å². The van der Waals surface area contributed by atoms with E-state index in [1.807, 2.05) is 0 Å². The number of hydroxylamine groups is 1. The van der Waals surface area contributed by atoms with Crippen LogP contribution in [0.1, 0.15) is 46.5 Å². The first-order valence-corrected chi connectivity index (χ1v) is 10.1. The summed E-state index contributed by atoms with van der Waals surface area (Å²) in [5.41, 5.74) is 1.76. The molecule has 33 heavy (non-hydrogen) atoms. The van der Waals surface area contributed by atoms with Crippen molar-refractivity contribution in [1.29, 1.82) is 0 Å². The van der Waals surface area contributed by atoms with Crippen molar-refractivity contribution in [2.45, 2.75) is 25.0 Å². The Morgan fingerprint density at radius 1 is 1.00 bits per heavy atom. The van der Waals surface area contributed by atoms with Crippen LogP contribution in [0.4, 0.5) is 0 Å². The lowest BCUT2D eigenvalue weighted by Crippen LogP contribution is -2.64. The first kappa shape index (κ1) is 25.5. The van der Waals surface area contributed by atoms with Gasteiger partial charge < -0.3 is 20.4 Å². The molecule has 0 bridgehead atoms. The fourth-order valence-electron chi connectivity index (χ4n) is 3.07. The third-order valence-corrected chi connectivity index (χ3v) is 5.37. The van der Waals surface area contributed by atoms with E-state index in [4.69, 9.17) is 10.3 Å². The number of carbonyl (C=O) groups is 3. The number of hydrogen-bond donors (Lipinski definition) is 5. The van der Waals surface area contributed by atoms with Crippen LogP contribution in [-0.2, 0) is 9.59 Å². The van der Waals surface area contributed by atoms with E-state index in [2.05, 4.69) is 17.2 Å². The standard InChI is InChI=1S/C24H27N3O6/c1-24(22(31)25-2,23(32)26-33)27(3)21(30)19-12-8-17(9-13-19)5-4-16-6-10-18(11-7-16)20(29)14-15-28/h6-13,20,28-29,33H,14-15H2,1-3H3,(H,25,31)(H,26,32)/t20-,24-/m0/s1. The van der Waals surface area contributed by atoms with Crippen molar-refractivity contribution in [3.63, 3.8) is 0 Å². The maximum absolute atomic E-state index is 12.9. The first-order valence-electron chi connectivity index (χ1n) is 10.1. The molecule has 0 aliphatic rings. The average Bonchev–Trinajstić information content (AvgIpc) is 2.85. The lowest BCUT2D eigenvalue weighted by Gasteiger charge is -2.34. The zero-order chi connectivity index (χ0) is 24.6. The van der Waals surface area contributed by atoms with Crippen molar-refractivity contribution >= 4 is 17.7 Å². The highest BCUT2D eigenvalue weighted by molar-refractivity contribution is 6.12. The van der Waals surface area contributed by atoms with Gasteiger partial charge in [0.25, 0.3) is 17.7 Å². The highest BCUT2D eigenvalue weighted by atomic mass is 16.5. The van der Waals surface area contributed by atoms with Crippen molar-refractivity contribution in [3.8, 4) is 11.8 Å². The summed E-state index contributed by atoms with van der Waals surface area (Å²) >= 11 is 0. The van der Waals surface area contributed by atoms with Crippen molar-refractivity contribution in [1.82, 2.24) is 15.7 Å². The summed E-state index contributed by atoms with van der Waals surface area (Å²) in [4.78, 5) is 38.2. The predicted octanol–water partition coefficient (Wildman–Crippen LogP) is 0.584. The minimum atomic E-state index is -1.96. The van der Waals surface area contributed by atoms with Crippen LogP contribution in [0, 0.1) is 11.8 Å². The fraction of sp³-hybridized carbons (Fsp3) is 0.292. The number of aliphatic hydroxyl groups excluding tert-OH is 2. The minimum Gasteiger partial charge on any atom is -0.396 e. The van der Waals surface area contributed by atoms with Gasteiger partial charge in [-0.1, -0.05) is 24.0 Å². The second kappa shape index (κ2) is 11.2. The molecule has 0 fully saturated rings. The highest BCUT2D eigenvalue weighted by Crippen LogP contribution is 2.19. The molecular formula is C24H27N3O6. The molecule has 2 aromatic rings. The maximum Gasteiger partial charge on any atom is 0.278 e. The quantitative estimate of drug-likeness (QED) is 0.180. The second-order valence-electron chi connectivity index (χ2n) is 7.43. The normalized spacial score (nSPS) is 13.0. The molecule has 3 amide bonds. The number of nitrogens with one attached hydrogen (secondary N) is 2. The Morgan fingerprint density at radius 3 is 1.97 bits per heavy atom. The second-order valence-corrected chi connectivity index (χ2v) is 7.43. The van der Waals surface area contributed by atoms with Crippen molar-refractivity contribution in [2.75, 3.05) is 20.7 Å². The summed E-state index contributed by atoms with van der Waals surface area (Å²) in [5.74, 6) is 3.56. The predicted molar refractivity (Wildman–Crippen MR) is 120 cm³/mol. The molecule has 2 atom stereocenters. The molecule has 9 nitrogen and oxygen atoms in total. The van der Waals surface area contributed by atoms with E-state index >= 15 is 0 Å². The zero-order valence-corrected chi connectivity index (χ0v) is 18.6. The van der Waals surface area contributed by atoms with E-state index in [0.717, 1.165) is 10.5 Å². The number of hydrogen-bond acceptors (Lipinski definition) is 6. The monoisotopic (exact) mass is 453 g/mol. The molecule has 0 saturated carbocycles. The number of benzene rings is 2. The summed E-state index contributed by atoms with van der Waals surface area (Å²) < 4.78 is 0. The number of rotatable bonds is 7. The first-order chi connectivity index (χ1) is 15.7. The summed E-state index contributed by atoms with van der Waals surface area (Å²) in [6.45, 7) is 1.12. The van der Waals surface area contributed by atoms with Gasteiger partial charge in [0, 0.05) is 43.8 Å². The van der Waals surface area contributed by atoms with E-state index in [0.29, 0.717) is 11.1 Å². The molecule has 0 aromatic heterocycles. The summed E-state index contributed by atoms with van der Waals surface area (Å²) in [6.07, 6.45) is -0.466. The Labute approximate surface area is 192 Å². The molecule has 0 aliphatic carbocycles. The van der Waals surface area contributed by atoms with Crippen molar-refractivity contribution in [3.05, 3.63) is 70.8 Å². The van der Waals surface area contributed by atoms with Crippen molar-refractivity contribution in [2.24, 2.45) is 0 Å². The zero-order valence-electron chi connectivity index (χ0n) is 18.6. The van der Waals surface area contributed by atoms with Crippen LogP contribution >= 0.6 is 0 Å². The molecular weight excluding hydrogens is 426 g/mol. The smallest absolute Gasteiger partial charge is 0.278 e. The van der Waals surface area contributed by atoms with Gasteiger partial charge in [0.2, 0.25) is 0 Å². The van der Waals surface area contributed by atoms with Gasteiger partial charge in [0.05, 0.1) is 6.10 Å². The topological polar surface area (TPSA) is 139 Å². The van der Waals surface area contributed by atoms with Gasteiger partial charge in [-0.25, -0.2) is 5.48 Å². The number of amides is 3. The molecule has 9 heteroatoms. The molecule has 0 unspecified atom stereocenters. The Hall–Kier alpha value is -3.71. The number of aliphatic hydroxyl groups is 2. The Morgan fingerprint density at radius 2 is 1.52 bits per heavy atom. The summed E-state index contributed by atoms with van der Waals surface area (Å²) in [5, 5.41) is 30.1. The molecule has 0 spiro atoms. The van der Waals surface area contributed by atoms with E-state index in [1.54, 1.807) is 36.4 Å². The third-order valence-electron chi connectivity index (χ3n) is 5.37. The summed E-state index contributed by atoms with van der Waals surface area (Å²) in [7, 11) is 2.61. The SMILES string of the molecule is CNC(=O)[C@@](C)(C(=O)NO)N(C)C(=O)c1ccc(C#Cc2ccc([C@@H](O)CCO)cc2)cc1. The minimum absolute atomic E-state index is 0.101. The van der Waals surface area contributed by atoms with E-state index < -0.39 is 29.4 Å². The van der Waals surface area contributed by atoms with Crippen LogP contribution in [0.15, 0.2) is 48.5 Å². The number of carbonyl (C=O) groups excluding carboxylic acids is 3. The molecule has 174 valence electrons. The largest absolute Gasteiger partial charge is 0.396 e. The van der Waals surface area contributed by atoms with Crippen LogP contribution in [0.3, 0.4) is 0 Å². The lowest BCUT2D eigenvalue weighted by atomic mass is 9.96. The van der Waals surface area contributed by atoms with Crippen molar-refractivity contribution < 1.29 is 29.8 Å². The van der Waals surface area contributed by atoms with Crippen LogP contribution in [0.25, 0.3) is 0 Å². The van der Waals surface area contributed by atoms with Crippen LogP contribution in [-0.4, -0.2) is 64.3 Å². The lowest BCUT2D eigenvalue weighted by molar-refractivity contribution is -0.148. The molecule has 2 aromatic carbocycles. The van der Waals surface area contributed by atoms with E-state index in [1.165, 1.54) is 38.6 Å². The van der Waals surface area contributed by atoms with Gasteiger partial charge in [-0.3, -0.25) is 19.6 Å². The van der Waals surface area contributed by atoms with Gasteiger partial charge >= 0.3 is 0 Å².